The van der Waals surface area contributed by atoms with Gasteiger partial charge in [0.05, 0.1) is 18.1 Å². The monoisotopic (exact) mass is 274 g/mol. The van der Waals surface area contributed by atoms with Gasteiger partial charge in [0.2, 0.25) is 5.91 Å². The molecule has 1 atom stereocenters. The van der Waals surface area contributed by atoms with Crippen LogP contribution in [-0.4, -0.2) is 36.5 Å². The maximum Gasteiger partial charge on any atom is 0.223 e. The van der Waals surface area contributed by atoms with E-state index in [2.05, 4.69) is 22.4 Å². The van der Waals surface area contributed by atoms with Crippen LogP contribution < -0.4 is 5.32 Å². The van der Waals surface area contributed by atoms with Crippen LogP contribution in [0.25, 0.3) is 0 Å². The number of hydrogen-bond acceptors (Lipinski definition) is 4. The summed E-state index contributed by atoms with van der Waals surface area (Å²) in [5.41, 5.74) is 0. The van der Waals surface area contributed by atoms with E-state index in [1.54, 1.807) is 0 Å². The van der Waals surface area contributed by atoms with Crippen LogP contribution in [0.4, 0.5) is 0 Å². The van der Waals surface area contributed by atoms with Crippen LogP contribution in [0.5, 0.6) is 0 Å². The van der Waals surface area contributed by atoms with Crippen molar-refractivity contribution in [3.63, 3.8) is 0 Å². The number of nitriles is 2. The molecule has 2 rings (SSSR count). The first-order valence-corrected chi connectivity index (χ1v) is 7.52. The molecule has 0 aromatic rings. The van der Waals surface area contributed by atoms with Crippen molar-refractivity contribution in [2.75, 3.05) is 19.6 Å². The van der Waals surface area contributed by atoms with Crippen molar-refractivity contribution in [1.82, 2.24) is 10.2 Å². The number of amides is 1. The van der Waals surface area contributed by atoms with Crippen molar-refractivity contribution in [2.24, 2.45) is 11.8 Å². The molecule has 1 heterocycles. The van der Waals surface area contributed by atoms with Gasteiger partial charge in [0.25, 0.3) is 0 Å². The van der Waals surface area contributed by atoms with E-state index in [0.29, 0.717) is 18.9 Å². The van der Waals surface area contributed by atoms with Crippen molar-refractivity contribution in [1.29, 1.82) is 10.5 Å². The lowest BCUT2D eigenvalue weighted by molar-refractivity contribution is -0.123. The Morgan fingerprint density at radius 1 is 1.25 bits per heavy atom. The van der Waals surface area contributed by atoms with Gasteiger partial charge in [-0.05, 0) is 32.1 Å². The number of nitrogens with zero attached hydrogens (tertiary/aromatic N) is 3. The number of hydrogen-bond donors (Lipinski definition) is 1. The lowest BCUT2D eigenvalue weighted by atomic mass is 10.0. The fraction of sp³-hybridized carbons (Fsp3) is 0.800. The summed E-state index contributed by atoms with van der Waals surface area (Å²) in [6, 6.07) is 4.69. The van der Waals surface area contributed by atoms with Gasteiger partial charge in [-0.25, -0.2) is 0 Å². The highest BCUT2D eigenvalue weighted by Crippen LogP contribution is 2.29. The zero-order chi connectivity index (χ0) is 14.4. The molecule has 1 aliphatic carbocycles. The number of likely N-dealkylation sites (tertiary alicyclic amines) is 1. The molecule has 20 heavy (non-hydrogen) atoms. The van der Waals surface area contributed by atoms with E-state index in [-0.39, 0.29) is 17.7 Å². The van der Waals surface area contributed by atoms with E-state index in [1.807, 2.05) is 0 Å². The van der Waals surface area contributed by atoms with Gasteiger partial charge in [-0.3, -0.25) is 4.79 Å². The third-order valence-electron chi connectivity index (χ3n) is 4.15. The van der Waals surface area contributed by atoms with Crippen molar-refractivity contribution in [2.45, 2.75) is 44.6 Å². The Hall–Kier alpha value is -1.59. The summed E-state index contributed by atoms with van der Waals surface area (Å²) < 4.78 is 0. The van der Waals surface area contributed by atoms with Crippen LogP contribution in [0.3, 0.4) is 0 Å². The Bertz CT molecular complexity index is 411. The first kappa shape index (κ1) is 14.8. The van der Waals surface area contributed by atoms with Gasteiger partial charge in [-0.2, -0.15) is 10.5 Å². The van der Waals surface area contributed by atoms with Gasteiger partial charge in [0.15, 0.2) is 0 Å². The zero-order valence-corrected chi connectivity index (χ0v) is 11.8. The average molecular weight is 274 g/mol. The van der Waals surface area contributed by atoms with E-state index in [1.165, 1.54) is 0 Å². The predicted molar refractivity (Wildman–Crippen MR) is 74.3 cm³/mol. The molecule has 0 unspecified atom stereocenters. The average Bonchev–Trinajstić information content (AvgIpc) is 3.30. The minimum Gasteiger partial charge on any atom is -0.353 e. The number of rotatable bonds is 6. The minimum absolute atomic E-state index is 0.0488. The van der Waals surface area contributed by atoms with E-state index in [9.17, 15) is 4.79 Å². The molecule has 108 valence electrons. The van der Waals surface area contributed by atoms with Crippen LogP contribution >= 0.6 is 0 Å². The molecule has 2 aliphatic rings. The molecule has 0 bridgehead atoms. The maximum absolute atomic E-state index is 11.7. The third-order valence-corrected chi connectivity index (χ3v) is 4.15. The lowest BCUT2D eigenvalue weighted by Gasteiger charge is -2.33. The number of nitrogens with one attached hydrogen (secondary N) is 1. The summed E-state index contributed by atoms with van der Waals surface area (Å²) in [5.74, 6) is 0.460. The van der Waals surface area contributed by atoms with Gasteiger partial charge >= 0.3 is 0 Å². The Balaban J connectivity index is 1.66. The van der Waals surface area contributed by atoms with E-state index in [0.717, 1.165) is 45.3 Å². The van der Waals surface area contributed by atoms with Crippen LogP contribution in [-0.2, 0) is 4.79 Å². The van der Waals surface area contributed by atoms with Gasteiger partial charge in [-0.1, -0.05) is 0 Å². The molecule has 0 spiro atoms. The zero-order valence-electron chi connectivity index (χ0n) is 11.8. The van der Waals surface area contributed by atoms with E-state index >= 15 is 0 Å². The van der Waals surface area contributed by atoms with E-state index in [4.69, 9.17) is 10.5 Å². The molecule has 1 saturated heterocycles. The molecule has 1 saturated carbocycles. The second kappa shape index (κ2) is 7.26. The predicted octanol–water partition coefficient (Wildman–Crippen LogP) is 1.42. The number of piperidine rings is 1. The van der Waals surface area contributed by atoms with Gasteiger partial charge in [0.1, 0.15) is 0 Å². The van der Waals surface area contributed by atoms with Crippen molar-refractivity contribution < 1.29 is 4.79 Å². The molecular formula is C15H22N4O. The van der Waals surface area contributed by atoms with Gasteiger partial charge < -0.3 is 10.2 Å². The second-order valence-electron chi connectivity index (χ2n) is 5.88. The molecule has 2 fully saturated rings. The van der Waals surface area contributed by atoms with Crippen LogP contribution in [0.1, 0.15) is 38.5 Å². The van der Waals surface area contributed by atoms with Gasteiger partial charge in [0, 0.05) is 38.0 Å². The Labute approximate surface area is 120 Å². The number of carbonyl (C=O) groups excluding carboxylic acids is 1. The largest absolute Gasteiger partial charge is 0.353 e. The quantitative estimate of drug-likeness (QED) is 0.794. The summed E-state index contributed by atoms with van der Waals surface area (Å²) in [4.78, 5) is 14.0. The van der Waals surface area contributed by atoms with Crippen LogP contribution in [0.2, 0.25) is 0 Å². The fourth-order valence-corrected chi connectivity index (χ4v) is 2.67. The molecule has 5 heteroatoms. The minimum atomic E-state index is -0.0488. The third kappa shape index (κ3) is 4.51. The Morgan fingerprint density at radius 2 is 1.95 bits per heavy atom. The Kier molecular flexibility index (Phi) is 5.38. The molecule has 1 amide bonds. The Morgan fingerprint density at radius 3 is 2.50 bits per heavy atom. The van der Waals surface area contributed by atoms with Crippen LogP contribution in [0.15, 0.2) is 0 Å². The molecular weight excluding hydrogens is 252 g/mol. The van der Waals surface area contributed by atoms with Crippen molar-refractivity contribution in [3.05, 3.63) is 0 Å². The number of carbonyl (C=O) groups is 1. The summed E-state index contributed by atoms with van der Waals surface area (Å²) in [6.07, 6.45) is 5.14. The molecule has 0 aromatic heterocycles. The summed E-state index contributed by atoms with van der Waals surface area (Å²) in [7, 11) is 0. The highest BCUT2D eigenvalue weighted by atomic mass is 16.2. The van der Waals surface area contributed by atoms with E-state index < -0.39 is 0 Å². The highest BCUT2D eigenvalue weighted by molar-refractivity contribution is 5.81. The first-order chi connectivity index (χ1) is 9.72. The van der Waals surface area contributed by atoms with Crippen molar-refractivity contribution >= 4 is 5.91 Å². The fourth-order valence-electron chi connectivity index (χ4n) is 2.67. The first-order valence-electron chi connectivity index (χ1n) is 7.52. The molecule has 1 N–H and O–H groups in total. The second-order valence-corrected chi connectivity index (χ2v) is 5.88. The topological polar surface area (TPSA) is 79.9 Å². The van der Waals surface area contributed by atoms with Crippen molar-refractivity contribution in [3.8, 4) is 12.1 Å². The molecule has 0 radical (unpaired) electrons. The maximum atomic E-state index is 11.7. The molecule has 5 nitrogen and oxygen atoms in total. The highest BCUT2D eigenvalue weighted by Gasteiger charge is 2.31. The molecule has 0 aromatic carbocycles. The summed E-state index contributed by atoms with van der Waals surface area (Å²) in [6.45, 7) is 2.61. The lowest BCUT2D eigenvalue weighted by Crippen LogP contribution is -2.46. The smallest absolute Gasteiger partial charge is 0.223 e. The standard InChI is InChI=1S/C15H22N4O/c16-7-1-2-12(10-17)11-19-8-5-14(6-9-19)18-15(20)13-3-4-13/h12-14H,1-6,8-9,11H2,(H,18,20)/t12-/m0/s1. The SMILES string of the molecule is N#CCC[C@@H](C#N)CN1CCC(NC(=O)C2CC2)CC1. The molecule has 1 aliphatic heterocycles. The van der Waals surface area contributed by atoms with Gasteiger partial charge in [-0.15, -0.1) is 0 Å². The van der Waals surface area contributed by atoms with Crippen LogP contribution in [0, 0.1) is 34.5 Å². The summed E-state index contributed by atoms with van der Waals surface area (Å²) in [5, 5.41) is 20.8. The summed E-state index contributed by atoms with van der Waals surface area (Å²) >= 11 is 0. The normalized spacial score (nSPS) is 21.7.